The van der Waals surface area contributed by atoms with Crippen molar-refractivity contribution < 1.29 is 14.6 Å². The van der Waals surface area contributed by atoms with Crippen molar-refractivity contribution in [3.63, 3.8) is 0 Å². The summed E-state index contributed by atoms with van der Waals surface area (Å²) in [6, 6.07) is 10.8. The van der Waals surface area contributed by atoms with Crippen LogP contribution in [-0.4, -0.2) is 30.1 Å². The predicted octanol–water partition coefficient (Wildman–Crippen LogP) is 4.20. The van der Waals surface area contributed by atoms with Gasteiger partial charge in [-0.05, 0) is 51.3 Å². The van der Waals surface area contributed by atoms with E-state index in [1.54, 1.807) is 12.1 Å². The minimum atomic E-state index is -0.201. The average Bonchev–Trinajstić information content (AvgIpc) is 2.58. The first-order valence-electron chi connectivity index (χ1n) is 7.20. The fourth-order valence-corrected chi connectivity index (χ4v) is 3.36. The molecule has 0 spiro atoms. The molecule has 5 nitrogen and oxygen atoms in total. The number of phenols is 1. The Morgan fingerprint density at radius 1 is 1.44 bits per heavy atom. The number of thioether (sulfide) groups is 1. The molecule has 0 unspecified atom stereocenters. The maximum Gasteiger partial charge on any atom is 0.250 e. The van der Waals surface area contributed by atoms with E-state index in [9.17, 15) is 9.90 Å². The van der Waals surface area contributed by atoms with Crippen LogP contribution in [0.15, 0.2) is 46.0 Å². The maximum absolute atomic E-state index is 11.8. The number of benzene rings is 2. The molecule has 0 aliphatic rings. The fraction of sp³-hybridized carbons (Fsp3) is 0.176. The Hall–Kier alpha value is -1.70. The van der Waals surface area contributed by atoms with Crippen LogP contribution in [0.1, 0.15) is 11.1 Å². The van der Waals surface area contributed by atoms with Crippen LogP contribution >= 0.6 is 39.3 Å². The highest BCUT2D eigenvalue weighted by molar-refractivity contribution is 9.10. The molecule has 132 valence electrons. The lowest BCUT2D eigenvalue weighted by Gasteiger charge is -2.06. The van der Waals surface area contributed by atoms with E-state index in [0.29, 0.717) is 26.6 Å². The average molecular weight is 444 g/mol. The van der Waals surface area contributed by atoms with Crippen LogP contribution in [0.3, 0.4) is 0 Å². The molecular weight excluding hydrogens is 428 g/mol. The van der Waals surface area contributed by atoms with Gasteiger partial charge in [0.2, 0.25) is 5.91 Å². The molecule has 0 aliphatic carbocycles. The van der Waals surface area contributed by atoms with E-state index in [1.807, 2.05) is 24.3 Å². The number of phenolic OH excluding ortho intramolecular Hbond substituents is 1. The number of hydrogen-bond donors (Lipinski definition) is 2. The van der Waals surface area contributed by atoms with Gasteiger partial charge in [-0.25, -0.2) is 5.43 Å². The highest BCUT2D eigenvalue weighted by Gasteiger charge is 2.07. The third-order valence-corrected chi connectivity index (χ3v) is 4.91. The van der Waals surface area contributed by atoms with Gasteiger partial charge in [-0.2, -0.15) is 5.10 Å². The molecule has 0 bridgehead atoms. The first-order valence-corrected chi connectivity index (χ1v) is 9.52. The van der Waals surface area contributed by atoms with Crippen molar-refractivity contribution in [2.75, 3.05) is 12.9 Å². The van der Waals surface area contributed by atoms with Crippen molar-refractivity contribution in [2.24, 2.45) is 5.10 Å². The molecule has 0 aliphatic heterocycles. The predicted molar refractivity (Wildman–Crippen MR) is 106 cm³/mol. The van der Waals surface area contributed by atoms with Gasteiger partial charge in [0.1, 0.15) is 0 Å². The Morgan fingerprint density at radius 2 is 2.24 bits per heavy atom. The number of nitrogens with zero attached hydrogens (tertiary/aromatic N) is 1. The molecule has 25 heavy (non-hydrogen) atoms. The molecule has 0 heterocycles. The first kappa shape index (κ1) is 19.6. The lowest BCUT2D eigenvalue weighted by Crippen LogP contribution is -2.19. The smallest absolute Gasteiger partial charge is 0.250 e. The molecule has 0 aromatic heterocycles. The zero-order chi connectivity index (χ0) is 18.2. The second-order valence-corrected chi connectivity index (χ2v) is 7.25. The Balaban J connectivity index is 1.81. The van der Waals surface area contributed by atoms with Gasteiger partial charge >= 0.3 is 0 Å². The molecule has 2 aromatic carbocycles. The number of nitrogens with one attached hydrogen (secondary N) is 1. The van der Waals surface area contributed by atoms with Crippen molar-refractivity contribution in [3.8, 4) is 11.5 Å². The molecule has 0 saturated carbocycles. The van der Waals surface area contributed by atoms with Gasteiger partial charge in [0, 0.05) is 10.8 Å². The molecule has 0 fully saturated rings. The highest BCUT2D eigenvalue weighted by atomic mass is 79.9. The van der Waals surface area contributed by atoms with Crippen molar-refractivity contribution >= 4 is 51.4 Å². The quantitative estimate of drug-likeness (QED) is 0.497. The van der Waals surface area contributed by atoms with Crippen molar-refractivity contribution in [2.45, 2.75) is 5.75 Å². The number of amides is 1. The monoisotopic (exact) mass is 442 g/mol. The second-order valence-electron chi connectivity index (χ2n) is 4.97. The second kappa shape index (κ2) is 9.70. The van der Waals surface area contributed by atoms with Gasteiger partial charge in [0.05, 0.1) is 23.5 Å². The summed E-state index contributed by atoms with van der Waals surface area (Å²) in [6.07, 6.45) is 1.48. The minimum Gasteiger partial charge on any atom is -0.503 e. The van der Waals surface area contributed by atoms with Crippen molar-refractivity contribution in [1.29, 1.82) is 0 Å². The summed E-state index contributed by atoms with van der Waals surface area (Å²) in [4.78, 5) is 11.8. The van der Waals surface area contributed by atoms with Crippen molar-refractivity contribution in [1.82, 2.24) is 5.43 Å². The number of hydrogen-bond acceptors (Lipinski definition) is 5. The third kappa shape index (κ3) is 6.26. The van der Waals surface area contributed by atoms with E-state index in [2.05, 4.69) is 26.5 Å². The standard InChI is InChI=1S/C17H16BrClN2O3S/c1-24-15-7-12(6-14(18)17(15)23)8-20-21-16(22)10-25-9-11-3-2-4-13(19)5-11/h2-8,23H,9-10H2,1H3,(H,21,22)/b20-8-. The number of carbonyl (C=O) groups is 1. The molecule has 8 heteroatoms. The van der Waals surface area contributed by atoms with E-state index in [1.165, 1.54) is 25.1 Å². The molecule has 2 N–H and O–H groups in total. The van der Waals surface area contributed by atoms with E-state index in [4.69, 9.17) is 16.3 Å². The number of halogens is 2. The van der Waals surface area contributed by atoms with Crippen molar-refractivity contribution in [3.05, 3.63) is 57.0 Å². The lowest BCUT2D eigenvalue weighted by molar-refractivity contribution is -0.118. The Morgan fingerprint density at radius 3 is 2.96 bits per heavy atom. The molecular formula is C17H16BrClN2O3S. The van der Waals surface area contributed by atoms with E-state index < -0.39 is 0 Å². The van der Waals surface area contributed by atoms with Crippen LogP contribution in [0, 0.1) is 0 Å². The number of rotatable bonds is 7. The number of aromatic hydroxyl groups is 1. The van der Waals surface area contributed by atoms with Gasteiger partial charge in [-0.3, -0.25) is 4.79 Å². The normalized spacial score (nSPS) is 10.8. The van der Waals surface area contributed by atoms with Gasteiger partial charge in [0.15, 0.2) is 11.5 Å². The van der Waals surface area contributed by atoms with E-state index in [0.717, 1.165) is 5.56 Å². The lowest BCUT2D eigenvalue weighted by atomic mass is 10.2. The molecule has 0 saturated heterocycles. The SMILES string of the molecule is COc1cc(/C=N\NC(=O)CSCc2cccc(Cl)c2)cc(Br)c1O. The molecule has 1 amide bonds. The summed E-state index contributed by atoms with van der Waals surface area (Å²) in [6.45, 7) is 0. The van der Waals surface area contributed by atoms with Gasteiger partial charge in [-0.15, -0.1) is 11.8 Å². The zero-order valence-corrected chi connectivity index (χ0v) is 16.5. The Labute approximate surface area is 163 Å². The van der Waals surface area contributed by atoms with Crippen LogP contribution in [-0.2, 0) is 10.5 Å². The number of ether oxygens (including phenoxy) is 1. The summed E-state index contributed by atoms with van der Waals surface area (Å²) in [5.74, 6) is 1.11. The minimum absolute atomic E-state index is 0.0149. The molecule has 2 aromatic rings. The number of carbonyl (C=O) groups excluding carboxylic acids is 1. The summed E-state index contributed by atoms with van der Waals surface area (Å²) in [5, 5.41) is 14.3. The van der Waals surface area contributed by atoms with Gasteiger partial charge < -0.3 is 9.84 Å². The summed E-state index contributed by atoms with van der Waals surface area (Å²) in [7, 11) is 1.46. The Bertz CT molecular complexity index is 786. The molecule has 2 rings (SSSR count). The van der Waals surface area contributed by atoms with E-state index >= 15 is 0 Å². The summed E-state index contributed by atoms with van der Waals surface area (Å²) < 4.78 is 5.54. The molecule has 0 radical (unpaired) electrons. The fourth-order valence-electron chi connectivity index (χ4n) is 1.92. The summed E-state index contributed by atoms with van der Waals surface area (Å²) >= 11 is 10.6. The summed E-state index contributed by atoms with van der Waals surface area (Å²) in [5.41, 5.74) is 4.20. The topological polar surface area (TPSA) is 70.9 Å². The first-order chi connectivity index (χ1) is 12.0. The maximum atomic E-state index is 11.8. The molecule has 0 atom stereocenters. The van der Waals surface area contributed by atoms with E-state index in [-0.39, 0.29) is 17.4 Å². The van der Waals surface area contributed by atoms with Crippen LogP contribution in [0.25, 0.3) is 0 Å². The zero-order valence-electron chi connectivity index (χ0n) is 13.3. The largest absolute Gasteiger partial charge is 0.503 e. The van der Waals surface area contributed by atoms with Gasteiger partial charge in [0.25, 0.3) is 0 Å². The number of hydrazone groups is 1. The van der Waals surface area contributed by atoms with Gasteiger partial charge in [-0.1, -0.05) is 23.7 Å². The number of methoxy groups -OCH3 is 1. The van der Waals surface area contributed by atoms with Crippen LogP contribution in [0.5, 0.6) is 11.5 Å². The Kier molecular flexibility index (Phi) is 7.61. The highest BCUT2D eigenvalue weighted by Crippen LogP contribution is 2.34. The third-order valence-electron chi connectivity index (χ3n) is 3.06. The van der Waals surface area contributed by atoms with Crippen LogP contribution in [0.4, 0.5) is 0 Å². The van der Waals surface area contributed by atoms with Crippen LogP contribution < -0.4 is 10.2 Å². The van der Waals surface area contributed by atoms with Crippen LogP contribution in [0.2, 0.25) is 5.02 Å².